The van der Waals surface area contributed by atoms with Crippen molar-refractivity contribution in [2.45, 2.75) is 38.8 Å². The van der Waals surface area contributed by atoms with Gasteiger partial charge in [-0.05, 0) is 50.4 Å². The molecule has 0 aliphatic carbocycles. The van der Waals surface area contributed by atoms with Crippen LogP contribution in [0.2, 0.25) is 0 Å². The standard InChI is InChI=1S/C15H23F2NO2S/c1-12(18-10-3-11-21(2)19)4-5-13-6-8-14(9-7-13)20-15(16)17/h6-9,12,15,18H,3-5,10-11H2,1-2H3. The van der Waals surface area contributed by atoms with E-state index in [1.54, 1.807) is 18.4 Å². The highest BCUT2D eigenvalue weighted by molar-refractivity contribution is 7.84. The van der Waals surface area contributed by atoms with Gasteiger partial charge in [0.15, 0.2) is 0 Å². The largest absolute Gasteiger partial charge is 0.435 e. The van der Waals surface area contributed by atoms with Crippen LogP contribution in [0.15, 0.2) is 24.3 Å². The van der Waals surface area contributed by atoms with Gasteiger partial charge in [-0.1, -0.05) is 12.1 Å². The molecular weight excluding hydrogens is 296 g/mol. The number of aryl methyl sites for hydroxylation is 1. The summed E-state index contributed by atoms with van der Waals surface area (Å²) >= 11 is 0. The van der Waals surface area contributed by atoms with E-state index in [0.29, 0.717) is 6.04 Å². The van der Waals surface area contributed by atoms with Crippen LogP contribution in [0.3, 0.4) is 0 Å². The number of rotatable bonds is 10. The van der Waals surface area contributed by atoms with E-state index in [2.05, 4.69) is 17.0 Å². The first-order chi connectivity index (χ1) is 9.97. The van der Waals surface area contributed by atoms with Crippen molar-refractivity contribution in [2.75, 3.05) is 18.6 Å². The monoisotopic (exact) mass is 319 g/mol. The Bertz CT molecular complexity index is 426. The zero-order chi connectivity index (χ0) is 15.7. The van der Waals surface area contributed by atoms with Crippen LogP contribution < -0.4 is 10.1 Å². The average molecular weight is 319 g/mol. The minimum atomic E-state index is -2.78. The summed E-state index contributed by atoms with van der Waals surface area (Å²) in [5, 5.41) is 3.39. The van der Waals surface area contributed by atoms with Gasteiger partial charge in [0.05, 0.1) is 0 Å². The number of hydrogen-bond acceptors (Lipinski definition) is 3. The summed E-state index contributed by atoms with van der Waals surface area (Å²) in [6.07, 6.45) is 4.46. The molecule has 1 N–H and O–H groups in total. The lowest BCUT2D eigenvalue weighted by Gasteiger charge is -2.13. The minimum Gasteiger partial charge on any atom is -0.435 e. The van der Waals surface area contributed by atoms with Gasteiger partial charge in [-0.25, -0.2) is 0 Å². The molecule has 0 heterocycles. The maximum Gasteiger partial charge on any atom is 0.387 e. The summed E-state index contributed by atoms with van der Waals surface area (Å²) in [6, 6.07) is 7.12. The van der Waals surface area contributed by atoms with Crippen molar-refractivity contribution >= 4 is 10.8 Å². The van der Waals surface area contributed by atoms with Gasteiger partial charge in [0.1, 0.15) is 5.75 Å². The molecule has 1 aromatic carbocycles. The highest BCUT2D eigenvalue weighted by Gasteiger charge is 2.05. The van der Waals surface area contributed by atoms with Crippen molar-refractivity contribution in [2.24, 2.45) is 0 Å². The van der Waals surface area contributed by atoms with Crippen molar-refractivity contribution in [1.29, 1.82) is 0 Å². The van der Waals surface area contributed by atoms with Gasteiger partial charge >= 0.3 is 6.61 Å². The van der Waals surface area contributed by atoms with Crippen LogP contribution in [0.4, 0.5) is 8.78 Å². The van der Waals surface area contributed by atoms with Crippen LogP contribution in [0, 0.1) is 0 Å². The molecule has 1 rings (SSSR count). The first kappa shape index (κ1) is 18.0. The number of alkyl halides is 2. The van der Waals surface area contributed by atoms with Gasteiger partial charge in [-0.15, -0.1) is 0 Å². The summed E-state index contributed by atoms with van der Waals surface area (Å²) < 4.78 is 39.3. The summed E-state index contributed by atoms with van der Waals surface area (Å²) in [5.74, 6) is 0.915. The Labute approximate surface area is 127 Å². The lowest BCUT2D eigenvalue weighted by Crippen LogP contribution is -2.28. The topological polar surface area (TPSA) is 38.3 Å². The summed E-state index contributed by atoms with van der Waals surface area (Å²) in [7, 11) is -0.726. The predicted octanol–water partition coefficient (Wildman–Crippen LogP) is 2.97. The molecule has 0 bridgehead atoms. The summed E-state index contributed by atoms with van der Waals surface area (Å²) in [5.41, 5.74) is 1.10. The summed E-state index contributed by atoms with van der Waals surface area (Å²) in [4.78, 5) is 0. The van der Waals surface area contributed by atoms with Gasteiger partial charge in [0, 0.05) is 28.9 Å². The molecule has 0 saturated heterocycles. The fourth-order valence-electron chi connectivity index (χ4n) is 1.95. The molecule has 0 aliphatic rings. The van der Waals surface area contributed by atoms with Crippen molar-refractivity contribution in [3.63, 3.8) is 0 Å². The molecule has 2 atom stereocenters. The fourth-order valence-corrected chi connectivity index (χ4v) is 2.50. The van der Waals surface area contributed by atoms with Gasteiger partial charge < -0.3 is 10.1 Å². The number of halogens is 2. The van der Waals surface area contributed by atoms with Crippen LogP contribution in [-0.2, 0) is 17.2 Å². The number of ether oxygens (including phenoxy) is 1. The van der Waals surface area contributed by atoms with E-state index in [9.17, 15) is 13.0 Å². The van der Waals surface area contributed by atoms with E-state index >= 15 is 0 Å². The summed E-state index contributed by atoms with van der Waals surface area (Å²) in [6.45, 7) is 0.191. The maximum atomic E-state index is 12.0. The normalized spacial score (nSPS) is 14.1. The van der Waals surface area contributed by atoms with E-state index in [1.807, 2.05) is 12.1 Å². The second kappa shape index (κ2) is 9.84. The first-order valence-electron chi connectivity index (χ1n) is 7.04. The van der Waals surface area contributed by atoms with Crippen LogP contribution in [0.25, 0.3) is 0 Å². The molecule has 0 aliphatic heterocycles. The first-order valence-corrected chi connectivity index (χ1v) is 8.77. The zero-order valence-electron chi connectivity index (χ0n) is 12.5. The molecule has 2 unspecified atom stereocenters. The molecular formula is C15H23F2NO2S. The number of benzene rings is 1. The predicted molar refractivity (Wildman–Crippen MR) is 82.4 cm³/mol. The third kappa shape index (κ3) is 8.78. The van der Waals surface area contributed by atoms with E-state index in [4.69, 9.17) is 0 Å². The molecule has 3 nitrogen and oxygen atoms in total. The smallest absolute Gasteiger partial charge is 0.387 e. The second-order valence-electron chi connectivity index (χ2n) is 5.05. The van der Waals surface area contributed by atoms with E-state index in [1.165, 1.54) is 0 Å². The molecule has 6 heteroatoms. The van der Waals surface area contributed by atoms with Crippen LogP contribution >= 0.6 is 0 Å². The van der Waals surface area contributed by atoms with E-state index < -0.39 is 17.4 Å². The molecule has 0 spiro atoms. The Morgan fingerprint density at radius 1 is 1.29 bits per heavy atom. The third-order valence-corrected chi connectivity index (χ3v) is 3.98. The van der Waals surface area contributed by atoms with Gasteiger partial charge in [-0.2, -0.15) is 8.78 Å². The third-order valence-electron chi connectivity index (χ3n) is 3.12. The highest BCUT2D eigenvalue weighted by Crippen LogP contribution is 2.16. The molecule has 0 saturated carbocycles. The van der Waals surface area contributed by atoms with Crippen LogP contribution in [-0.4, -0.2) is 35.4 Å². The van der Waals surface area contributed by atoms with Gasteiger partial charge in [0.2, 0.25) is 0 Å². The maximum absolute atomic E-state index is 12.0. The average Bonchev–Trinajstić information content (AvgIpc) is 2.42. The van der Waals surface area contributed by atoms with Crippen molar-refractivity contribution in [3.05, 3.63) is 29.8 Å². The van der Waals surface area contributed by atoms with E-state index in [0.717, 1.165) is 37.1 Å². The Morgan fingerprint density at radius 3 is 2.52 bits per heavy atom. The molecule has 0 fully saturated rings. The number of hydrogen-bond donors (Lipinski definition) is 1. The molecule has 120 valence electrons. The van der Waals surface area contributed by atoms with E-state index in [-0.39, 0.29) is 5.75 Å². The molecule has 0 amide bonds. The fraction of sp³-hybridized carbons (Fsp3) is 0.600. The quantitative estimate of drug-likeness (QED) is 0.674. The van der Waals surface area contributed by atoms with Gasteiger partial charge in [-0.3, -0.25) is 4.21 Å². The lowest BCUT2D eigenvalue weighted by molar-refractivity contribution is -0.0498. The number of nitrogens with one attached hydrogen (secondary N) is 1. The van der Waals surface area contributed by atoms with Crippen molar-refractivity contribution in [3.8, 4) is 5.75 Å². The highest BCUT2D eigenvalue weighted by atomic mass is 32.2. The Balaban J connectivity index is 2.23. The van der Waals surface area contributed by atoms with Crippen LogP contribution in [0.1, 0.15) is 25.3 Å². The minimum absolute atomic E-state index is 0.187. The Hall–Kier alpha value is -1.01. The van der Waals surface area contributed by atoms with Crippen LogP contribution in [0.5, 0.6) is 5.75 Å². The van der Waals surface area contributed by atoms with Crippen molar-refractivity contribution in [1.82, 2.24) is 5.32 Å². The zero-order valence-corrected chi connectivity index (χ0v) is 13.3. The van der Waals surface area contributed by atoms with Gasteiger partial charge in [0.25, 0.3) is 0 Å². The second-order valence-corrected chi connectivity index (χ2v) is 6.60. The Kier molecular flexibility index (Phi) is 8.45. The molecule has 21 heavy (non-hydrogen) atoms. The van der Waals surface area contributed by atoms with Crippen molar-refractivity contribution < 1.29 is 17.7 Å². The molecule has 1 aromatic rings. The Morgan fingerprint density at radius 2 is 1.95 bits per heavy atom. The lowest BCUT2D eigenvalue weighted by atomic mass is 10.1. The molecule has 0 aromatic heterocycles. The molecule has 0 radical (unpaired) electrons. The SMILES string of the molecule is CC(CCc1ccc(OC(F)F)cc1)NCCCS(C)=O.